The molecule has 0 aliphatic carbocycles. The summed E-state index contributed by atoms with van der Waals surface area (Å²) in [4.78, 5) is 4.26. The summed E-state index contributed by atoms with van der Waals surface area (Å²) in [7, 11) is -0.621. The summed E-state index contributed by atoms with van der Waals surface area (Å²) in [6, 6.07) is 11.1. The highest BCUT2D eigenvalue weighted by Crippen LogP contribution is 2.31. The second-order valence-corrected chi connectivity index (χ2v) is 8.18. The molecule has 1 heterocycles. The maximum Gasteiger partial charge on any atom is 0.242 e. The predicted molar refractivity (Wildman–Crippen MR) is 103 cm³/mol. The first kappa shape index (κ1) is 20.7. The van der Waals surface area contributed by atoms with Crippen molar-refractivity contribution in [2.75, 3.05) is 20.5 Å². The Kier molecular flexibility index (Phi) is 6.14. The molecule has 29 heavy (non-hydrogen) atoms. The summed E-state index contributed by atoms with van der Waals surface area (Å²) < 4.78 is 55.1. The van der Waals surface area contributed by atoms with Gasteiger partial charge >= 0.3 is 0 Å². The van der Waals surface area contributed by atoms with Crippen LogP contribution in [-0.2, 0) is 23.1 Å². The zero-order valence-electron chi connectivity index (χ0n) is 16.1. The van der Waals surface area contributed by atoms with Crippen LogP contribution in [0.1, 0.15) is 11.5 Å². The Morgan fingerprint density at radius 1 is 1.10 bits per heavy atom. The lowest BCUT2D eigenvalue weighted by Gasteiger charge is -2.18. The predicted octanol–water partition coefficient (Wildman–Crippen LogP) is 2.85. The first-order valence-electron chi connectivity index (χ1n) is 8.55. The van der Waals surface area contributed by atoms with Crippen LogP contribution in [0.15, 0.2) is 47.0 Å². The van der Waals surface area contributed by atoms with E-state index in [1.165, 1.54) is 32.4 Å². The van der Waals surface area contributed by atoms with Crippen LogP contribution in [0.2, 0.25) is 0 Å². The molecule has 154 valence electrons. The molecule has 2 aromatic carbocycles. The number of rotatable bonds is 8. The minimum absolute atomic E-state index is 0.0691. The second kappa shape index (κ2) is 8.58. The largest absolute Gasteiger partial charge is 0.497 e. The summed E-state index contributed by atoms with van der Waals surface area (Å²) in [6.45, 7) is -0.353. The van der Waals surface area contributed by atoms with Crippen molar-refractivity contribution in [3.8, 4) is 22.9 Å². The molecule has 0 saturated heterocycles. The Bertz CT molecular complexity index is 1100. The number of sulfonamides is 1. The van der Waals surface area contributed by atoms with Crippen molar-refractivity contribution in [2.45, 2.75) is 13.1 Å². The van der Waals surface area contributed by atoms with Crippen molar-refractivity contribution in [1.29, 1.82) is 0 Å². The molecular weight excluding hydrogens is 401 g/mol. The van der Waals surface area contributed by atoms with Crippen LogP contribution in [0.5, 0.6) is 11.5 Å². The molecule has 0 atom stereocenters. The van der Waals surface area contributed by atoms with Gasteiger partial charge < -0.3 is 14.0 Å². The molecule has 0 N–H and O–H groups in total. The lowest BCUT2D eigenvalue weighted by Crippen LogP contribution is -2.29. The van der Waals surface area contributed by atoms with Gasteiger partial charge in [-0.3, -0.25) is 0 Å². The van der Waals surface area contributed by atoms with E-state index in [2.05, 4.69) is 10.1 Å². The maximum absolute atomic E-state index is 14.0. The number of ether oxygens (including phenoxy) is 2. The first-order valence-corrected chi connectivity index (χ1v) is 10.4. The zero-order chi connectivity index (χ0) is 21.0. The van der Waals surface area contributed by atoms with E-state index in [1.54, 1.807) is 24.3 Å². The minimum atomic E-state index is -3.66. The molecule has 0 saturated carbocycles. The first-order chi connectivity index (χ1) is 13.8. The molecule has 10 heteroatoms. The topological polar surface area (TPSA) is 94.8 Å². The fourth-order valence-corrected chi connectivity index (χ4v) is 3.39. The van der Waals surface area contributed by atoms with E-state index in [1.807, 2.05) is 0 Å². The minimum Gasteiger partial charge on any atom is -0.497 e. The Morgan fingerprint density at radius 3 is 2.52 bits per heavy atom. The van der Waals surface area contributed by atoms with Crippen molar-refractivity contribution in [1.82, 2.24) is 14.4 Å². The van der Waals surface area contributed by atoms with Crippen molar-refractivity contribution >= 4 is 10.0 Å². The number of aromatic nitrogens is 2. The number of methoxy groups -OCH3 is 2. The van der Waals surface area contributed by atoms with Gasteiger partial charge in [0.1, 0.15) is 17.3 Å². The molecule has 1 aromatic heterocycles. The Balaban J connectivity index is 1.86. The van der Waals surface area contributed by atoms with Gasteiger partial charge in [0.15, 0.2) is 0 Å². The third-order valence-corrected chi connectivity index (χ3v) is 5.40. The number of hydrogen-bond donors (Lipinski definition) is 0. The molecule has 8 nitrogen and oxygen atoms in total. The molecule has 0 radical (unpaired) electrons. The average molecular weight is 421 g/mol. The molecular formula is C19H20FN3O5S. The van der Waals surface area contributed by atoms with Gasteiger partial charge in [0.2, 0.25) is 21.7 Å². The molecule has 3 aromatic rings. The van der Waals surface area contributed by atoms with Crippen molar-refractivity contribution in [2.24, 2.45) is 0 Å². The summed E-state index contributed by atoms with van der Waals surface area (Å²) in [5.41, 5.74) is 0.804. The Hall–Kier alpha value is -2.98. The molecule has 0 unspecified atom stereocenters. The molecule has 0 fully saturated rings. The van der Waals surface area contributed by atoms with Crippen LogP contribution in [0.25, 0.3) is 11.4 Å². The molecule has 0 aliphatic heterocycles. The average Bonchev–Trinajstić information content (AvgIpc) is 3.16. The Morgan fingerprint density at radius 2 is 1.86 bits per heavy atom. The summed E-state index contributed by atoms with van der Waals surface area (Å²) in [5.74, 6) is 0.888. The standard InChI is InChI=1S/C19H20FN3O5S/c1-26-14-8-9-15(17(10-14)27-2)19-21-18(28-22-19)12-23(29(3,24)25)11-13-6-4-5-7-16(13)20/h4-10H,11-12H2,1-3H3. The van der Waals surface area contributed by atoms with Crippen LogP contribution in [0.4, 0.5) is 4.39 Å². The SMILES string of the molecule is COc1ccc(-c2noc(CN(Cc3ccccc3F)S(C)(=O)=O)n2)c(OC)c1. The molecule has 0 amide bonds. The smallest absolute Gasteiger partial charge is 0.242 e. The second-order valence-electron chi connectivity index (χ2n) is 6.20. The van der Waals surface area contributed by atoms with Crippen LogP contribution in [0.3, 0.4) is 0 Å². The van der Waals surface area contributed by atoms with Gasteiger partial charge in [-0.15, -0.1) is 0 Å². The van der Waals surface area contributed by atoms with Gasteiger partial charge in [0.05, 0.1) is 32.6 Å². The third-order valence-electron chi connectivity index (χ3n) is 4.20. The van der Waals surface area contributed by atoms with Gasteiger partial charge in [-0.2, -0.15) is 9.29 Å². The van der Waals surface area contributed by atoms with Gasteiger partial charge in [-0.05, 0) is 18.2 Å². The monoisotopic (exact) mass is 421 g/mol. The molecule has 0 bridgehead atoms. The van der Waals surface area contributed by atoms with Crippen molar-refractivity contribution in [3.63, 3.8) is 0 Å². The van der Waals surface area contributed by atoms with Gasteiger partial charge in [0.25, 0.3) is 0 Å². The van der Waals surface area contributed by atoms with Crippen molar-refractivity contribution < 1.29 is 26.8 Å². The van der Waals surface area contributed by atoms with Crippen LogP contribution in [0, 0.1) is 5.82 Å². The van der Waals surface area contributed by atoms with E-state index >= 15 is 0 Å². The number of benzene rings is 2. The van der Waals surface area contributed by atoms with Crippen LogP contribution in [-0.4, -0.2) is 43.3 Å². The Labute approximate surface area is 167 Å². The fraction of sp³-hybridized carbons (Fsp3) is 0.263. The molecule has 0 spiro atoms. The maximum atomic E-state index is 14.0. The number of nitrogens with zero attached hydrogens (tertiary/aromatic N) is 3. The van der Waals surface area contributed by atoms with Gasteiger partial charge in [0, 0.05) is 18.2 Å². The van der Waals surface area contributed by atoms with E-state index in [0.717, 1.165) is 10.6 Å². The van der Waals surface area contributed by atoms with Gasteiger partial charge in [-0.1, -0.05) is 23.4 Å². The summed E-state index contributed by atoms with van der Waals surface area (Å²) in [6.07, 6.45) is 1.04. The van der Waals surface area contributed by atoms with E-state index in [0.29, 0.717) is 17.1 Å². The number of halogens is 1. The van der Waals surface area contributed by atoms with E-state index in [-0.39, 0.29) is 30.4 Å². The van der Waals surface area contributed by atoms with E-state index < -0.39 is 15.8 Å². The lowest BCUT2D eigenvalue weighted by atomic mass is 10.2. The van der Waals surface area contributed by atoms with Gasteiger partial charge in [-0.25, -0.2) is 12.8 Å². The normalized spacial score (nSPS) is 11.6. The lowest BCUT2D eigenvalue weighted by molar-refractivity contribution is 0.311. The highest BCUT2D eigenvalue weighted by molar-refractivity contribution is 7.88. The van der Waals surface area contributed by atoms with E-state index in [4.69, 9.17) is 14.0 Å². The fourth-order valence-electron chi connectivity index (χ4n) is 2.67. The molecule has 0 aliphatic rings. The molecule has 3 rings (SSSR count). The number of hydrogen-bond acceptors (Lipinski definition) is 7. The quantitative estimate of drug-likeness (QED) is 0.552. The summed E-state index contributed by atoms with van der Waals surface area (Å²) >= 11 is 0. The third kappa shape index (κ3) is 4.90. The highest BCUT2D eigenvalue weighted by Gasteiger charge is 2.23. The van der Waals surface area contributed by atoms with E-state index in [9.17, 15) is 12.8 Å². The van der Waals surface area contributed by atoms with Crippen LogP contribution >= 0.6 is 0 Å². The summed E-state index contributed by atoms with van der Waals surface area (Å²) in [5, 5.41) is 3.91. The highest BCUT2D eigenvalue weighted by atomic mass is 32.2. The van der Waals surface area contributed by atoms with Crippen LogP contribution < -0.4 is 9.47 Å². The van der Waals surface area contributed by atoms with Crippen molar-refractivity contribution in [3.05, 3.63) is 59.7 Å². The zero-order valence-corrected chi connectivity index (χ0v) is 16.9.